The highest BCUT2D eigenvalue weighted by atomic mass is 16.1. The van der Waals surface area contributed by atoms with E-state index < -0.39 is 0 Å². The number of aryl methyl sites for hydroxylation is 1. The number of nitrogens with zero attached hydrogens (tertiary/aromatic N) is 3. The van der Waals surface area contributed by atoms with E-state index in [1.54, 1.807) is 0 Å². The molecule has 90 valence electrons. The van der Waals surface area contributed by atoms with E-state index in [1.165, 1.54) is 0 Å². The second-order valence-corrected chi connectivity index (χ2v) is 4.99. The molecule has 0 saturated heterocycles. The minimum Gasteiger partial charge on any atom is -0.335 e. The number of rotatable bonds is 3. The Kier molecular flexibility index (Phi) is 3.67. The first kappa shape index (κ1) is 12.7. The van der Waals surface area contributed by atoms with E-state index in [2.05, 4.69) is 17.1 Å². The molecule has 16 heavy (non-hydrogen) atoms. The SMILES string of the molecule is CCCCc1nnc(C(C)(C)C)c(=O)n1N. The Morgan fingerprint density at radius 2 is 1.94 bits per heavy atom. The van der Waals surface area contributed by atoms with Crippen molar-refractivity contribution in [1.29, 1.82) is 0 Å². The molecule has 0 fully saturated rings. The predicted octanol–water partition coefficient (Wildman–Crippen LogP) is 0.992. The minimum absolute atomic E-state index is 0.242. The van der Waals surface area contributed by atoms with Crippen molar-refractivity contribution in [2.75, 3.05) is 5.84 Å². The van der Waals surface area contributed by atoms with Crippen molar-refractivity contribution >= 4 is 0 Å². The molecule has 5 nitrogen and oxygen atoms in total. The maximum Gasteiger partial charge on any atom is 0.294 e. The third kappa shape index (κ3) is 2.59. The molecule has 0 radical (unpaired) electrons. The van der Waals surface area contributed by atoms with Gasteiger partial charge in [0.2, 0.25) is 0 Å². The molecule has 0 amide bonds. The molecule has 0 saturated carbocycles. The molecular formula is C11H20N4O. The zero-order valence-electron chi connectivity index (χ0n) is 10.4. The van der Waals surface area contributed by atoms with Gasteiger partial charge in [-0.15, -0.1) is 10.2 Å². The molecular weight excluding hydrogens is 204 g/mol. The molecule has 1 rings (SSSR count). The van der Waals surface area contributed by atoms with Gasteiger partial charge in [-0.1, -0.05) is 34.1 Å². The van der Waals surface area contributed by atoms with Crippen LogP contribution in [0.2, 0.25) is 0 Å². The summed E-state index contributed by atoms with van der Waals surface area (Å²) in [6.07, 6.45) is 2.69. The van der Waals surface area contributed by atoms with Gasteiger partial charge >= 0.3 is 0 Å². The number of nitrogen functional groups attached to an aromatic ring is 1. The van der Waals surface area contributed by atoms with Gasteiger partial charge in [0.25, 0.3) is 5.56 Å². The van der Waals surface area contributed by atoms with Crippen LogP contribution in [-0.4, -0.2) is 14.9 Å². The van der Waals surface area contributed by atoms with E-state index in [0.29, 0.717) is 17.9 Å². The standard InChI is InChI=1S/C11H20N4O/c1-5-6-7-8-13-14-9(11(2,3)4)10(16)15(8)12/h5-7,12H2,1-4H3. The van der Waals surface area contributed by atoms with Gasteiger partial charge < -0.3 is 5.84 Å². The number of aromatic nitrogens is 3. The fourth-order valence-corrected chi connectivity index (χ4v) is 1.41. The van der Waals surface area contributed by atoms with Crippen LogP contribution >= 0.6 is 0 Å². The molecule has 0 aliphatic heterocycles. The lowest BCUT2D eigenvalue weighted by Crippen LogP contribution is -2.39. The summed E-state index contributed by atoms with van der Waals surface area (Å²) in [5.41, 5.74) is -0.155. The molecule has 0 aromatic carbocycles. The van der Waals surface area contributed by atoms with E-state index in [1.807, 2.05) is 20.8 Å². The third-order valence-electron chi connectivity index (χ3n) is 2.43. The summed E-state index contributed by atoms with van der Waals surface area (Å²) in [5, 5.41) is 8.03. The van der Waals surface area contributed by atoms with Gasteiger partial charge in [-0.25, -0.2) is 4.68 Å². The molecule has 0 aliphatic rings. The normalized spacial score (nSPS) is 11.8. The van der Waals surface area contributed by atoms with Crippen LogP contribution in [0, 0.1) is 0 Å². The lowest BCUT2D eigenvalue weighted by Gasteiger charge is -2.17. The van der Waals surface area contributed by atoms with Crippen molar-refractivity contribution in [1.82, 2.24) is 14.9 Å². The summed E-state index contributed by atoms with van der Waals surface area (Å²) < 4.78 is 1.13. The molecule has 0 unspecified atom stereocenters. The van der Waals surface area contributed by atoms with Gasteiger partial charge in [-0.3, -0.25) is 4.79 Å². The third-order valence-corrected chi connectivity index (χ3v) is 2.43. The van der Waals surface area contributed by atoms with E-state index in [4.69, 9.17) is 5.84 Å². The minimum atomic E-state index is -0.325. The van der Waals surface area contributed by atoms with Gasteiger partial charge in [-0.05, 0) is 6.42 Å². The van der Waals surface area contributed by atoms with Crippen LogP contribution in [-0.2, 0) is 11.8 Å². The monoisotopic (exact) mass is 224 g/mol. The van der Waals surface area contributed by atoms with Gasteiger partial charge in [0.1, 0.15) is 5.69 Å². The lowest BCUT2D eigenvalue weighted by molar-refractivity contribution is 0.525. The van der Waals surface area contributed by atoms with Crippen molar-refractivity contribution in [2.45, 2.75) is 52.4 Å². The summed E-state index contributed by atoms with van der Waals surface area (Å²) >= 11 is 0. The van der Waals surface area contributed by atoms with Crippen molar-refractivity contribution < 1.29 is 0 Å². The molecule has 0 bridgehead atoms. The average molecular weight is 224 g/mol. The van der Waals surface area contributed by atoms with Crippen molar-refractivity contribution in [3.8, 4) is 0 Å². The largest absolute Gasteiger partial charge is 0.335 e. The molecule has 0 aliphatic carbocycles. The van der Waals surface area contributed by atoms with E-state index in [0.717, 1.165) is 17.5 Å². The number of hydrogen-bond acceptors (Lipinski definition) is 4. The summed E-state index contributed by atoms with van der Waals surface area (Å²) in [7, 11) is 0. The number of hydrogen-bond donors (Lipinski definition) is 1. The summed E-state index contributed by atoms with van der Waals surface area (Å²) in [6.45, 7) is 7.84. The molecule has 5 heteroatoms. The van der Waals surface area contributed by atoms with E-state index in [9.17, 15) is 4.79 Å². The summed E-state index contributed by atoms with van der Waals surface area (Å²) in [6, 6.07) is 0. The first-order valence-corrected chi connectivity index (χ1v) is 5.62. The lowest BCUT2D eigenvalue weighted by atomic mass is 9.93. The Labute approximate surface area is 95.7 Å². The van der Waals surface area contributed by atoms with Crippen LogP contribution in [0.4, 0.5) is 0 Å². The van der Waals surface area contributed by atoms with Crippen LogP contribution < -0.4 is 11.4 Å². The molecule has 1 aromatic rings. The topological polar surface area (TPSA) is 73.8 Å². The van der Waals surface area contributed by atoms with Crippen LogP contribution in [0.15, 0.2) is 4.79 Å². The molecule has 1 aromatic heterocycles. The van der Waals surface area contributed by atoms with E-state index in [-0.39, 0.29) is 11.0 Å². The highest BCUT2D eigenvalue weighted by molar-refractivity contribution is 5.09. The molecule has 0 spiro atoms. The second kappa shape index (κ2) is 4.63. The average Bonchev–Trinajstić information content (AvgIpc) is 2.18. The van der Waals surface area contributed by atoms with Gasteiger partial charge in [0.05, 0.1) is 0 Å². The number of unbranched alkanes of at least 4 members (excludes halogenated alkanes) is 1. The second-order valence-electron chi connectivity index (χ2n) is 4.99. The van der Waals surface area contributed by atoms with Gasteiger partial charge in [-0.2, -0.15) is 0 Å². The van der Waals surface area contributed by atoms with Crippen molar-refractivity contribution in [2.24, 2.45) is 0 Å². The predicted molar refractivity (Wildman–Crippen MR) is 63.8 cm³/mol. The first-order valence-electron chi connectivity index (χ1n) is 5.62. The Balaban J connectivity index is 3.14. The first-order chi connectivity index (χ1) is 7.38. The Morgan fingerprint density at radius 3 is 2.44 bits per heavy atom. The van der Waals surface area contributed by atoms with E-state index >= 15 is 0 Å². The molecule has 1 heterocycles. The van der Waals surface area contributed by atoms with Gasteiger partial charge in [0.15, 0.2) is 5.82 Å². The Morgan fingerprint density at radius 1 is 1.31 bits per heavy atom. The van der Waals surface area contributed by atoms with Crippen LogP contribution in [0.25, 0.3) is 0 Å². The van der Waals surface area contributed by atoms with Crippen molar-refractivity contribution in [3.63, 3.8) is 0 Å². The zero-order valence-corrected chi connectivity index (χ0v) is 10.4. The smallest absolute Gasteiger partial charge is 0.294 e. The number of nitrogens with two attached hydrogens (primary N) is 1. The fraction of sp³-hybridized carbons (Fsp3) is 0.727. The quantitative estimate of drug-likeness (QED) is 0.777. The molecule has 2 N–H and O–H groups in total. The highest BCUT2D eigenvalue weighted by Gasteiger charge is 2.22. The maximum absolute atomic E-state index is 11.9. The summed E-state index contributed by atoms with van der Waals surface area (Å²) in [4.78, 5) is 11.9. The highest BCUT2D eigenvalue weighted by Crippen LogP contribution is 2.15. The van der Waals surface area contributed by atoms with Crippen LogP contribution in [0.3, 0.4) is 0 Å². The van der Waals surface area contributed by atoms with Crippen LogP contribution in [0.5, 0.6) is 0 Å². The Bertz CT molecular complexity index is 417. The zero-order chi connectivity index (χ0) is 12.3. The molecule has 0 atom stereocenters. The summed E-state index contributed by atoms with van der Waals surface area (Å²) in [5.74, 6) is 6.28. The maximum atomic E-state index is 11.9. The van der Waals surface area contributed by atoms with Gasteiger partial charge in [0, 0.05) is 11.8 Å². The van der Waals surface area contributed by atoms with Crippen molar-refractivity contribution in [3.05, 3.63) is 21.9 Å². The fourth-order valence-electron chi connectivity index (χ4n) is 1.41. The van der Waals surface area contributed by atoms with Crippen LogP contribution in [0.1, 0.15) is 52.1 Å². The Hall–Kier alpha value is -1.39.